The van der Waals surface area contributed by atoms with Crippen molar-refractivity contribution in [2.45, 2.75) is 25.7 Å². The first-order chi connectivity index (χ1) is 10.8. The van der Waals surface area contributed by atoms with Crippen LogP contribution in [0, 0.1) is 11.8 Å². The average molecular weight is 302 g/mol. The number of carbonyl (C=O) groups is 1. The van der Waals surface area contributed by atoms with E-state index in [1.807, 2.05) is 0 Å². The van der Waals surface area contributed by atoms with Crippen LogP contribution in [0.15, 0.2) is 6.07 Å². The van der Waals surface area contributed by atoms with E-state index < -0.39 is 0 Å². The largest absolute Gasteiger partial charge is 0.381 e. The van der Waals surface area contributed by atoms with Gasteiger partial charge in [0, 0.05) is 32.2 Å². The summed E-state index contributed by atoms with van der Waals surface area (Å²) in [6.07, 6.45) is 4.26. The summed E-state index contributed by atoms with van der Waals surface area (Å²) in [5, 5.41) is 11.7. The number of hydrogen-bond donors (Lipinski definition) is 1. The zero-order valence-corrected chi connectivity index (χ0v) is 12.8. The van der Waals surface area contributed by atoms with E-state index in [9.17, 15) is 4.79 Å². The van der Waals surface area contributed by atoms with E-state index >= 15 is 0 Å². The number of anilines is 1. The van der Waals surface area contributed by atoms with Gasteiger partial charge in [-0.2, -0.15) is 5.10 Å². The van der Waals surface area contributed by atoms with E-state index in [1.165, 1.54) is 17.7 Å². The summed E-state index contributed by atoms with van der Waals surface area (Å²) in [6, 6.07) is 2.19. The Balaban J connectivity index is 1.25. The number of hydrogen-bond acceptors (Lipinski definition) is 5. The van der Waals surface area contributed by atoms with Gasteiger partial charge in [-0.3, -0.25) is 4.79 Å². The number of nitrogens with one attached hydrogen (secondary N) is 1. The van der Waals surface area contributed by atoms with E-state index in [1.54, 1.807) is 0 Å². The predicted molar refractivity (Wildman–Crippen MR) is 81.7 cm³/mol. The summed E-state index contributed by atoms with van der Waals surface area (Å²) in [4.78, 5) is 14.2. The quantitative estimate of drug-likeness (QED) is 0.880. The SMILES string of the molecule is O=C(NCC1CN(c2cc3c(nn2)CCC3)C1)C1CCOC1. The molecule has 0 bridgehead atoms. The molecule has 1 N–H and O–H groups in total. The van der Waals surface area contributed by atoms with Gasteiger partial charge in [0.25, 0.3) is 0 Å². The molecule has 1 atom stereocenters. The lowest BCUT2D eigenvalue weighted by molar-refractivity contribution is -0.125. The molecule has 2 fully saturated rings. The first-order valence-electron chi connectivity index (χ1n) is 8.25. The lowest BCUT2D eigenvalue weighted by atomic mass is 9.99. The molecule has 3 aliphatic rings. The van der Waals surface area contributed by atoms with Crippen LogP contribution in [-0.4, -0.2) is 49.0 Å². The lowest BCUT2D eigenvalue weighted by Crippen LogP contribution is -2.52. The fraction of sp³-hybridized carbons (Fsp3) is 0.688. The topological polar surface area (TPSA) is 67.4 Å². The Morgan fingerprint density at radius 2 is 2.27 bits per heavy atom. The minimum Gasteiger partial charge on any atom is -0.381 e. The Hall–Kier alpha value is -1.69. The highest BCUT2D eigenvalue weighted by molar-refractivity contribution is 5.79. The molecule has 0 aromatic carbocycles. The van der Waals surface area contributed by atoms with Crippen molar-refractivity contribution in [3.05, 3.63) is 17.3 Å². The molecule has 1 unspecified atom stereocenters. The number of carbonyl (C=O) groups excluding carboxylic acids is 1. The Bertz CT molecular complexity index is 565. The smallest absolute Gasteiger partial charge is 0.225 e. The molecule has 2 saturated heterocycles. The second-order valence-corrected chi connectivity index (χ2v) is 6.60. The number of nitrogens with zero attached hydrogens (tertiary/aromatic N) is 3. The number of aryl methyl sites for hydroxylation is 2. The highest BCUT2D eigenvalue weighted by atomic mass is 16.5. The van der Waals surface area contributed by atoms with Gasteiger partial charge in [-0.15, -0.1) is 5.10 Å². The van der Waals surface area contributed by atoms with Crippen molar-refractivity contribution in [1.29, 1.82) is 0 Å². The van der Waals surface area contributed by atoms with Gasteiger partial charge in [0.05, 0.1) is 18.2 Å². The molecule has 3 heterocycles. The van der Waals surface area contributed by atoms with E-state index in [4.69, 9.17) is 4.74 Å². The molecule has 1 amide bonds. The van der Waals surface area contributed by atoms with Crippen LogP contribution in [0.2, 0.25) is 0 Å². The van der Waals surface area contributed by atoms with Crippen LogP contribution in [0.3, 0.4) is 0 Å². The zero-order valence-electron chi connectivity index (χ0n) is 12.8. The summed E-state index contributed by atoms with van der Waals surface area (Å²) in [6.45, 7) is 3.95. The van der Waals surface area contributed by atoms with E-state index in [0.717, 1.165) is 44.7 Å². The molecule has 1 aromatic rings. The molecule has 2 aliphatic heterocycles. The van der Waals surface area contributed by atoms with Crippen molar-refractivity contribution >= 4 is 11.7 Å². The van der Waals surface area contributed by atoms with Gasteiger partial charge in [0.1, 0.15) is 0 Å². The Morgan fingerprint density at radius 1 is 1.36 bits per heavy atom. The third-order valence-corrected chi connectivity index (χ3v) is 4.95. The minimum absolute atomic E-state index is 0.0544. The maximum absolute atomic E-state index is 11.9. The van der Waals surface area contributed by atoms with Gasteiger partial charge in [0.2, 0.25) is 5.91 Å². The fourth-order valence-electron chi connectivity index (χ4n) is 3.49. The van der Waals surface area contributed by atoms with E-state index in [0.29, 0.717) is 19.1 Å². The number of fused-ring (bicyclic) bond motifs is 1. The predicted octanol–water partition coefficient (Wildman–Crippen LogP) is 0.554. The summed E-state index contributed by atoms with van der Waals surface area (Å²) in [7, 11) is 0. The molecule has 6 nitrogen and oxygen atoms in total. The molecule has 6 heteroatoms. The van der Waals surface area contributed by atoms with Crippen LogP contribution in [0.4, 0.5) is 5.82 Å². The van der Waals surface area contributed by atoms with Crippen LogP contribution >= 0.6 is 0 Å². The van der Waals surface area contributed by atoms with Crippen molar-refractivity contribution in [3.8, 4) is 0 Å². The molecule has 22 heavy (non-hydrogen) atoms. The molecule has 1 aliphatic carbocycles. The number of aromatic nitrogens is 2. The molecular weight excluding hydrogens is 280 g/mol. The summed E-state index contributed by atoms with van der Waals surface area (Å²) in [5.74, 6) is 1.71. The molecule has 4 rings (SSSR count). The third kappa shape index (κ3) is 2.67. The molecule has 0 saturated carbocycles. The van der Waals surface area contributed by atoms with Crippen LogP contribution in [0.25, 0.3) is 0 Å². The zero-order chi connectivity index (χ0) is 14.9. The van der Waals surface area contributed by atoms with Gasteiger partial charge < -0.3 is 15.0 Å². The summed E-state index contributed by atoms with van der Waals surface area (Å²) in [5.41, 5.74) is 2.54. The summed E-state index contributed by atoms with van der Waals surface area (Å²) < 4.78 is 5.25. The van der Waals surface area contributed by atoms with Crippen LogP contribution in [0.5, 0.6) is 0 Å². The number of ether oxygens (including phenoxy) is 1. The molecule has 0 spiro atoms. The molecule has 118 valence electrons. The van der Waals surface area contributed by atoms with Gasteiger partial charge in [-0.1, -0.05) is 0 Å². The maximum Gasteiger partial charge on any atom is 0.225 e. The van der Waals surface area contributed by atoms with E-state index in [-0.39, 0.29) is 11.8 Å². The van der Waals surface area contributed by atoms with Crippen molar-refractivity contribution in [1.82, 2.24) is 15.5 Å². The molecular formula is C16H22N4O2. The fourth-order valence-corrected chi connectivity index (χ4v) is 3.49. The van der Waals surface area contributed by atoms with Gasteiger partial charge >= 0.3 is 0 Å². The first kappa shape index (κ1) is 13.9. The molecule has 0 radical (unpaired) electrons. The van der Waals surface area contributed by atoms with Crippen molar-refractivity contribution in [3.63, 3.8) is 0 Å². The lowest BCUT2D eigenvalue weighted by Gasteiger charge is -2.40. The van der Waals surface area contributed by atoms with Crippen molar-refractivity contribution in [2.24, 2.45) is 11.8 Å². The monoisotopic (exact) mass is 302 g/mol. The van der Waals surface area contributed by atoms with Gasteiger partial charge in [-0.25, -0.2) is 0 Å². The van der Waals surface area contributed by atoms with E-state index in [2.05, 4.69) is 26.5 Å². The van der Waals surface area contributed by atoms with Crippen molar-refractivity contribution < 1.29 is 9.53 Å². The molecule has 1 aromatic heterocycles. The Morgan fingerprint density at radius 3 is 3.09 bits per heavy atom. The van der Waals surface area contributed by atoms with Gasteiger partial charge in [0.15, 0.2) is 5.82 Å². The second-order valence-electron chi connectivity index (χ2n) is 6.60. The number of amides is 1. The van der Waals surface area contributed by atoms with Crippen LogP contribution < -0.4 is 10.2 Å². The van der Waals surface area contributed by atoms with Crippen LogP contribution in [0.1, 0.15) is 24.1 Å². The van der Waals surface area contributed by atoms with Gasteiger partial charge in [-0.05, 0) is 37.3 Å². The Labute approximate surface area is 130 Å². The Kier molecular flexibility index (Phi) is 3.70. The standard InChI is InChI=1S/C16H22N4O2/c21-16(13-4-5-22-10-13)17-7-11-8-20(9-11)15-6-12-2-1-3-14(12)18-19-15/h6,11,13H,1-5,7-10H2,(H,17,21). The minimum atomic E-state index is 0.0544. The average Bonchev–Trinajstić information content (AvgIpc) is 3.16. The highest BCUT2D eigenvalue weighted by Gasteiger charge is 2.30. The first-order valence-corrected chi connectivity index (χ1v) is 8.25. The maximum atomic E-state index is 11.9. The number of rotatable bonds is 4. The summed E-state index contributed by atoms with van der Waals surface area (Å²) >= 11 is 0. The van der Waals surface area contributed by atoms with Crippen molar-refractivity contribution in [2.75, 3.05) is 37.7 Å². The third-order valence-electron chi connectivity index (χ3n) is 4.95. The normalized spacial score (nSPS) is 24.2. The van der Waals surface area contributed by atoms with Crippen LogP contribution in [-0.2, 0) is 22.4 Å². The second kappa shape index (κ2) is 5.83. The highest BCUT2D eigenvalue weighted by Crippen LogP contribution is 2.27.